The summed E-state index contributed by atoms with van der Waals surface area (Å²) in [7, 11) is 0. The van der Waals surface area contributed by atoms with Crippen LogP contribution in [0.1, 0.15) is 25.3 Å². The van der Waals surface area contributed by atoms with Gasteiger partial charge in [0.15, 0.2) is 11.5 Å². The highest BCUT2D eigenvalue weighted by atomic mass is 19.4. The molecule has 0 bridgehead atoms. The van der Waals surface area contributed by atoms with Crippen LogP contribution in [0.4, 0.5) is 24.5 Å². The van der Waals surface area contributed by atoms with Gasteiger partial charge < -0.3 is 24.8 Å². The number of halogens is 3. The molecule has 2 aromatic carbocycles. The van der Waals surface area contributed by atoms with Gasteiger partial charge in [-0.3, -0.25) is 9.59 Å². The smallest absolute Gasteiger partial charge is 0.418 e. The molecule has 3 atom stereocenters. The molecule has 2 aliphatic rings. The van der Waals surface area contributed by atoms with Crippen molar-refractivity contribution >= 4 is 23.2 Å². The van der Waals surface area contributed by atoms with Gasteiger partial charge in [0, 0.05) is 12.3 Å². The quantitative estimate of drug-likeness (QED) is 0.736. The highest BCUT2D eigenvalue weighted by Crippen LogP contribution is 2.38. The maximum absolute atomic E-state index is 13.7. The molecule has 0 aliphatic carbocycles. The minimum atomic E-state index is -4.77. The van der Waals surface area contributed by atoms with Crippen molar-refractivity contribution in [3.05, 3.63) is 48.0 Å². The van der Waals surface area contributed by atoms with Gasteiger partial charge in [0.05, 0.1) is 11.3 Å². The van der Waals surface area contributed by atoms with E-state index in [4.69, 9.17) is 14.2 Å². The van der Waals surface area contributed by atoms with E-state index in [1.165, 1.54) is 6.07 Å². The van der Waals surface area contributed by atoms with E-state index in [0.29, 0.717) is 30.9 Å². The van der Waals surface area contributed by atoms with E-state index in [-0.39, 0.29) is 5.69 Å². The standard InChI is InChI=1S/C22H21F3N2O5/c1-12-19(32-17-6-3-2-5-16(17)31-12)21(29)27-15-9-8-13(11-14(15)22(23,24)25)26-20(28)18-7-4-10-30-18/h2-3,5-6,8-9,11-12,18-19H,4,7,10H2,1H3,(H,26,28)(H,27,29)/t12-,18-,19-/m0/s1. The second-order valence-corrected chi connectivity index (χ2v) is 7.55. The molecule has 2 aliphatic heterocycles. The summed E-state index contributed by atoms with van der Waals surface area (Å²) in [6, 6.07) is 9.87. The number of para-hydroxylation sites is 2. The predicted octanol–water partition coefficient (Wildman–Crippen LogP) is 3.99. The zero-order valence-electron chi connectivity index (χ0n) is 17.1. The van der Waals surface area contributed by atoms with Crippen LogP contribution in [0.15, 0.2) is 42.5 Å². The Morgan fingerprint density at radius 2 is 1.72 bits per heavy atom. The average Bonchev–Trinajstić information content (AvgIpc) is 3.28. The highest BCUT2D eigenvalue weighted by molar-refractivity contribution is 5.97. The molecule has 1 fully saturated rings. The third-order valence-electron chi connectivity index (χ3n) is 5.17. The number of amides is 2. The minimum absolute atomic E-state index is 0.0460. The van der Waals surface area contributed by atoms with Crippen LogP contribution < -0.4 is 20.1 Å². The predicted molar refractivity (Wildman–Crippen MR) is 109 cm³/mol. The Bertz CT molecular complexity index is 1020. The Kier molecular flexibility index (Phi) is 5.96. The second kappa shape index (κ2) is 8.70. The molecule has 0 saturated carbocycles. The van der Waals surface area contributed by atoms with Crippen molar-refractivity contribution in [1.29, 1.82) is 0 Å². The molecule has 2 aromatic rings. The fraction of sp³-hybridized carbons (Fsp3) is 0.364. The first-order valence-electron chi connectivity index (χ1n) is 10.1. The maximum Gasteiger partial charge on any atom is 0.418 e. The summed E-state index contributed by atoms with van der Waals surface area (Å²) in [6.45, 7) is 2.03. The summed E-state index contributed by atoms with van der Waals surface area (Å²) < 4.78 is 57.6. The number of hydrogen-bond donors (Lipinski definition) is 2. The van der Waals surface area contributed by atoms with Gasteiger partial charge in [0.2, 0.25) is 6.10 Å². The van der Waals surface area contributed by atoms with Gasteiger partial charge in [-0.1, -0.05) is 12.1 Å². The fourth-order valence-corrected chi connectivity index (χ4v) is 3.58. The number of nitrogens with one attached hydrogen (secondary N) is 2. The fourth-order valence-electron chi connectivity index (χ4n) is 3.58. The van der Waals surface area contributed by atoms with E-state index < -0.39 is 47.6 Å². The van der Waals surface area contributed by atoms with Crippen molar-refractivity contribution in [2.75, 3.05) is 17.2 Å². The van der Waals surface area contributed by atoms with Crippen LogP contribution in [0, 0.1) is 0 Å². The Labute approximate surface area is 181 Å². The molecule has 170 valence electrons. The summed E-state index contributed by atoms with van der Waals surface area (Å²) in [5.74, 6) is -0.512. The third kappa shape index (κ3) is 4.64. The number of anilines is 2. The first-order chi connectivity index (χ1) is 15.2. The van der Waals surface area contributed by atoms with Gasteiger partial charge in [0.1, 0.15) is 12.2 Å². The van der Waals surface area contributed by atoms with Crippen molar-refractivity contribution in [2.24, 2.45) is 0 Å². The van der Waals surface area contributed by atoms with Crippen molar-refractivity contribution in [3.8, 4) is 11.5 Å². The molecule has 0 spiro atoms. The molecule has 0 aromatic heterocycles. The van der Waals surface area contributed by atoms with E-state index in [0.717, 1.165) is 12.1 Å². The maximum atomic E-state index is 13.7. The number of ether oxygens (including phenoxy) is 3. The molecule has 2 amide bonds. The number of hydrogen-bond acceptors (Lipinski definition) is 5. The first-order valence-corrected chi connectivity index (χ1v) is 10.1. The monoisotopic (exact) mass is 450 g/mol. The van der Waals surface area contributed by atoms with E-state index in [2.05, 4.69) is 10.6 Å². The van der Waals surface area contributed by atoms with Crippen LogP contribution in [0.3, 0.4) is 0 Å². The Hall–Kier alpha value is -3.27. The summed E-state index contributed by atoms with van der Waals surface area (Å²) in [5.41, 5.74) is -1.59. The van der Waals surface area contributed by atoms with Gasteiger partial charge in [-0.2, -0.15) is 13.2 Å². The number of alkyl halides is 3. The lowest BCUT2D eigenvalue weighted by atomic mass is 10.1. The van der Waals surface area contributed by atoms with E-state index in [1.807, 2.05) is 0 Å². The lowest BCUT2D eigenvalue weighted by molar-refractivity contribution is -0.137. The molecular formula is C22H21F3N2O5. The van der Waals surface area contributed by atoms with Crippen molar-refractivity contribution in [2.45, 2.75) is 44.3 Å². The van der Waals surface area contributed by atoms with Crippen LogP contribution >= 0.6 is 0 Å². The van der Waals surface area contributed by atoms with Crippen LogP contribution in [0.25, 0.3) is 0 Å². The number of carbonyl (C=O) groups excluding carboxylic acids is 2. The summed E-state index contributed by atoms with van der Waals surface area (Å²) in [4.78, 5) is 24.9. The molecule has 2 heterocycles. The topological polar surface area (TPSA) is 85.9 Å². The van der Waals surface area contributed by atoms with Gasteiger partial charge in [-0.15, -0.1) is 0 Å². The molecule has 2 N–H and O–H groups in total. The second-order valence-electron chi connectivity index (χ2n) is 7.55. The van der Waals surface area contributed by atoms with Crippen LogP contribution in [-0.2, 0) is 20.5 Å². The van der Waals surface area contributed by atoms with Gasteiger partial charge in [-0.05, 0) is 50.1 Å². The SMILES string of the molecule is C[C@@H]1Oc2ccccc2O[C@@H]1C(=O)Nc1ccc(NC(=O)[C@@H]2CCCO2)cc1C(F)(F)F. The van der Waals surface area contributed by atoms with Crippen LogP contribution in [-0.4, -0.2) is 36.7 Å². The number of carbonyl (C=O) groups is 2. The Morgan fingerprint density at radius 1 is 1.00 bits per heavy atom. The normalized spacial score (nSPS) is 22.3. The molecule has 4 rings (SSSR count). The van der Waals surface area contributed by atoms with Crippen molar-refractivity contribution in [1.82, 2.24) is 0 Å². The van der Waals surface area contributed by atoms with Crippen LogP contribution in [0.5, 0.6) is 11.5 Å². The van der Waals surface area contributed by atoms with Crippen molar-refractivity contribution in [3.63, 3.8) is 0 Å². The van der Waals surface area contributed by atoms with Gasteiger partial charge >= 0.3 is 6.18 Å². The minimum Gasteiger partial charge on any atom is -0.482 e. The molecule has 1 saturated heterocycles. The van der Waals surface area contributed by atoms with Crippen LogP contribution in [0.2, 0.25) is 0 Å². The lowest BCUT2D eigenvalue weighted by Crippen LogP contribution is -2.46. The largest absolute Gasteiger partial charge is 0.482 e. The summed E-state index contributed by atoms with van der Waals surface area (Å²) >= 11 is 0. The molecule has 7 nitrogen and oxygen atoms in total. The average molecular weight is 450 g/mol. The molecule has 10 heteroatoms. The molecular weight excluding hydrogens is 429 g/mol. The number of benzene rings is 2. The van der Waals surface area contributed by atoms with Crippen molar-refractivity contribution < 1.29 is 37.0 Å². The highest BCUT2D eigenvalue weighted by Gasteiger charge is 2.38. The Balaban J connectivity index is 1.52. The lowest BCUT2D eigenvalue weighted by Gasteiger charge is -2.31. The van der Waals surface area contributed by atoms with Gasteiger partial charge in [0.25, 0.3) is 11.8 Å². The number of rotatable bonds is 4. The Morgan fingerprint density at radius 3 is 2.38 bits per heavy atom. The zero-order chi connectivity index (χ0) is 22.9. The van der Waals surface area contributed by atoms with E-state index in [9.17, 15) is 22.8 Å². The number of fused-ring (bicyclic) bond motifs is 1. The first kappa shape index (κ1) is 21.9. The van der Waals surface area contributed by atoms with E-state index >= 15 is 0 Å². The molecule has 0 radical (unpaired) electrons. The summed E-state index contributed by atoms with van der Waals surface area (Å²) in [6.07, 6.45) is -6.09. The zero-order valence-corrected chi connectivity index (χ0v) is 17.1. The molecule has 0 unspecified atom stereocenters. The van der Waals surface area contributed by atoms with E-state index in [1.54, 1.807) is 31.2 Å². The van der Waals surface area contributed by atoms with Gasteiger partial charge in [-0.25, -0.2) is 0 Å². The summed E-state index contributed by atoms with van der Waals surface area (Å²) in [5, 5.41) is 4.72. The third-order valence-corrected chi connectivity index (χ3v) is 5.17. The molecule has 32 heavy (non-hydrogen) atoms.